The van der Waals surface area contributed by atoms with Crippen molar-refractivity contribution in [2.75, 3.05) is 31.2 Å². The second-order valence-corrected chi connectivity index (χ2v) is 7.62. The predicted octanol–water partition coefficient (Wildman–Crippen LogP) is 3.72. The van der Waals surface area contributed by atoms with Crippen LogP contribution in [0.1, 0.15) is 22.6 Å². The van der Waals surface area contributed by atoms with Crippen molar-refractivity contribution >= 4 is 11.9 Å². The highest BCUT2D eigenvalue weighted by Gasteiger charge is 2.38. The number of carbonyl (C=O) groups excluding carboxylic acids is 1. The van der Waals surface area contributed by atoms with E-state index in [0.717, 1.165) is 35.6 Å². The Labute approximate surface area is 192 Å². The first-order chi connectivity index (χ1) is 16.3. The van der Waals surface area contributed by atoms with Gasteiger partial charge in [0.25, 0.3) is 0 Å². The maximum Gasteiger partial charge on any atom is 0.471 e. The standard InChI is InChI=1S/C22H22F3N5O4/c1-14-10-16(19-28-20(34-29-19)22(23,24)25)3-4-17(14)12-27-21(31)33-13-15-2-5-18(26-11-15)30-6-8-32-9-7-30/h2-5,10-11H,6-9,12-13H2,1H3,(H,27,31). The van der Waals surface area contributed by atoms with E-state index in [2.05, 4.69) is 29.9 Å². The third kappa shape index (κ3) is 5.81. The van der Waals surface area contributed by atoms with Gasteiger partial charge in [-0.15, -0.1) is 0 Å². The minimum Gasteiger partial charge on any atom is -0.445 e. The van der Waals surface area contributed by atoms with E-state index < -0.39 is 18.2 Å². The molecule has 1 aliphatic rings. The zero-order valence-electron chi connectivity index (χ0n) is 18.3. The van der Waals surface area contributed by atoms with Crippen molar-refractivity contribution < 1.29 is 32.0 Å². The normalized spacial score (nSPS) is 14.2. The fraction of sp³-hybridized carbons (Fsp3) is 0.364. The van der Waals surface area contributed by atoms with Crippen molar-refractivity contribution in [3.8, 4) is 11.4 Å². The van der Waals surface area contributed by atoms with E-state index in [-0.39, 0.29) is 19.0 Å². The molecule has 0 aliphatic carbocycles. The molecule has 3 aromatic rings. The number of benzene rings is 1. The molecule has 0 radical (unpaired) electrons. The van der Waals surface area contributed by atoms with Crippen LogP contribution < -0.4 is 10.2 Å². The summed E-state index contributed by atoms with van der Waals surface area (Å²) < 4.78 is 52.8. The third-order valence-electron chi connectivity index (χ3n) is 5.21. The maximum absolute atomic E-state index is 12.6. The number of ether oxygens (including phenoxy) is 2. The summed E-state index contributed by atoms with van der Waals surface area (Å²) in [7, 11) is 0. The number of amides is 1. The van der Waals surface area contributed by atoms with Gasteiger partial charge in [0, 0.05) is 37.0 Å². The summed E-state index contributed by atoms with van der Waals surface area (Å²) in [5.41, 5.74) is 2.62. The lowest BCUT2D eigenvalue weighted by Crippen LogP contribution is -2.36. The number of carbonyl (C=O) groups is 1. The Kier molecular flexibility index (Phi) is 6.96. The number of hydrogen-bond acceptors (Lipinski definition) is 8. The van der Waals surface area contributed by atoms with E-state index in [4.69, 9.17) is 9.47 Å². The third-order valence-corrected chi connectivity index (χ3v) is 5.21. The molecule has 0 spiro atoms. The van der Waals surface area contributed by atoms with Gasteiger partial charge in [0.15, 0.2) is 0 Å². The molecule has 3 heterocycles. The molecule has 1 saturated heterocycles. The Hall–Kier alpha value is -3.67. The molecule has 0 unspecified atom stereocenters. The van der Waals surface area contributed by atoms with E-state index in [9.17, 15) is 18.0 Å². The Balaban J connectivity index is 1.27. The number of anilines is 1. The van der Waals surface area contributed by atoms with E-state index in [1.807, 2.05) is 12.1 Å². The fourth-order valence-electron chi connectivity index (χ4n) is 3.34. The lowest BCUT2D eigenvalue weighted by molar-refractivity contribution is -0.159. The van der Waals surface area contributed by atoms with Gasteiger partial charge in [-0.2, -0.15) is 18.2 Å². The molecule has 1 amide bonds. The van der Waals surface area contributed by atoms with E-state index in [1.165, 1.54) is 0 Å². The summed E-state index contributed by atoms with van der Waals surface area (Å²) in [5, 5.41) is 6.03. The first-order valence-electron chi connectivity index (χ1n) is 10.5. The molecule has 1 fully saturated rings. The van der Waals surface area contributed by atoms with Crippen LogP contribution in [-0.2, 0) is 28.8 Å². The molecule has 1 N–H and O–H groups in total. The smallest absolute Gasteiger partial charge is 0.445 e. The number of alkyl halides is 3. The molecule has 0 bridgehead atoms. The average Bonchev–Trinajstić information content (AvgIpc) is 3.34. The summed E-state index contributed by atoms with van der Waals surface area (Å²) in [4.78, 5) is 22.0. The Morgan fingerprint density at radius 2 is 2.00 bits per heavy atom. The lowest BCUT2D eigenvalue weighted by Gasteiger charge is -2.27. The quantitative estimate of drug-likeness (QED) is 0.573. The molecule has 0 atom stereocenters. The van der Waals surface area contributed by atoms with Crippen molar-refractivity contribution in [2.45, 2.75) is 26.3 Å². The molecule has 1 aliphatic heterocycles. The molecule has 0 saturated carbocycles. The highest BCUT2D eigenvalue weighted by Crippen LogP contribution is 2.29. The number of alkyl carbamates (subject to hydrolysis) is 1. The molecule has 34 heavy (non-hydrogen) atoms. The van der Waals surface area contributed by atoms with E-state index in [0.29, 0.717) is 18.8 Å². The van der Waals surface area contributed by atoms with Gasteiger partial charge in [-0.05, 0) is 30.2 Å². The van der Waals surface area contributed by atoms with Crippen LogP contribution in [0.4, 0.5) is 23.8 Å². The fourth-order valence-corrected chi connectivity index (χ4v) is 3.34. The zero-order valence-corrected chi connectivity index (χ0v) is 18.3. The van der Waals surface area contributed by atoms with Crippen molar-refractivity contribution in [1.29, 1.82) is 0 Å². The molecule has 9 nitrogen and oxygen atoms in total. The second-order valence-electron chi connectivity index (χ2n) is 7.62. The molecule has 4 rings (SSSR count). The van der Waals surface area contributed by atoms with Gasteiger partial charge < -0.3 is 24.2 Å². The van der Waals surface area contributed by atoms with Crippen LogP contribution in [0.2, 0.25) is 0 Å². The van der Waals surface area contributed by atoms with Crippen molar-refractivity contribution in [3.05, 3.63) is 59.1 Å². The van der Waals surface area contributed by atoms with E-state index in [1.54, 1.807) is 31.3 Å². The van der Waals surface area contributed by atoms with Crippen LogP contribution in [-0.4, -0.2) is 47.5 Å². The highest BCUT2D eigenvalue weighted by molar-refractivity contribution is 5.67. The SMILES string of the molecule is Cc1cc(-c2noc(C(F)(F)F)n2)ccc1CNC(=O)OCc1ccc(N2CCOCC2)nc1. The van der Waals surface area contributed by atoms with Gasteiger partial charge in [0.05, 0.1) is 13.2 Å². The number of aromatic nitrogens is 3. The topological polar surface area (TPSA) is 103 Å². The summed E-state index contributed by atoms with van der Waals surface area (Å²) >= 11 is 0. The van der Waals surface area contributed by atoms with Crippen molar-refractivity contribution in [2.24, 2.45) is 0 Å². The molecular formula is C22H22F3N5O4. The van der Waals surface area contributed by atoms with Crippen LogP contribution in [0.25, 0.3) is 11.4 Å². The summed E-state index contributed by atoms with van der Waals surface area (Å²) in [5.74, 6) is -0.715. The molecule has 2 aromatic heterocycles. The van der Waals surface area contributed by atoms with Crippen LogP contribution in [0.15, 0.2) is 41.1 Å². The van der Waals surface area contributed by atoms with Gasteiger partial charge in [-0.1, -0.05) is 23.4 Å². The van der Waals surface area contributed by atoms with Crippen molar-refractivity contribution in [3.63, 3.8) is 0 Å². The second kappa shape index (κ2) is 10.1. The van der Waals surface area contributed by atoms with Gasteiger partial charge in [-0.25, -0.2) is 9.78 Å². The summed E-state index contributed by atoms with van der Waals surface area (Å²) in [6.07, 6.45) is -3.64. The first-order valence-corrected chi connectivity index (χ1v) is 10.5. The van der Waals surface area contributed by atoms with Gasteiger partial charge in [-0.3, -0.25) is 0 Å². The van der Waals surface area contributed by atoms with Crippen LogP contribution in [0.3, 0.4) is 0 Å². The number of rotatable bonds is 6. The lowest BCUT2D eigenvalue weighted by atomic mass is 10.0. The van der Waals surface area contributed by atoms with Gasteiger partial charge in [0.2, 0.25) is 5.82 Å². The number of aryl methyl sites for hydroxylation is 1. The number of morpholine rings is 1. The van der Waals surface area contributed by atoms with Crippen LogP contribution >= 0.6 is 0 Å². The molecule has 1 aromatic carbocycles. The Morgan fingerprint density at radius 1 is 1.21 bits per heavy atom. The monoisotopic (exact) mass is 477 g/mol. The number of pyridine rings is 1. The number of nitrogens with zero attached hydrogens (tertiary/aromatic N) is 4. The predicted molar refractivity (Wildman–Crippen MR) is 114 cm³/mol. The largest absolute Gasteiger partial charge is 0.471 e. The van der Waals surface area contributed by atoms with Gasteiger partial charge >= 0.3 is 18.2 Å². The Morgan fingerprint density at radius 3 is 2.65 bits per heavy atom. The van der Waals surface area contributed by atoms with Crippen LogP contribution in [0.5, 0.6) is 0 Å². The number of halogens is 3. The Bertz CT molecular complexity index is 1130. The molecular weight excluding hydrogens is 455 g/mol. The van der Waals surface area contributed by atoms with Crippen LogP contribution in [0, 0.1) is 6.92 Å². The average molecular weight is 477 g/mol. The maximum atomic E-state index is 12.6. The van der Waals surface area contributed by atoms with Crippen molar-refractivity contribution in [1.82, 2.24) is 20.4 Å². The van der Waals surface area contributed by atoms with E-state index >= 15 is 0 Å². The number of hydrogen-bond donors (Lipinski definition) is 1. The minimum absolute atomic E-state index is 0.0690. The summed E-state index contributed by atoms with van der Waals surface area (Å²) in [6, 6.07) is 8.59. The van der Waals surface area contributed by atoms with Gasteiger partial charge in [0.1, 0.15) is 12.4 Å². The zero-order chi connectivity index (χ0) is 24.1. The minimum atomic E-state index is -4.70. The number of nitrogens with one attached hydrogen (secondary N) is 1. The molecule has 12 heteroatoms. The first kappa shape index (κ1) is 23.5. The summed E-state index contributed by atoms with van der Waals surface area (Å²) in [6.45, 7) is 4.93. The highest BCUT2D eigenvalue weighted by atomic mass is 19.4. The molecule has 180 valence electrons.